The van der Waals surface area contributed by atoms with Crippen molar-refractivity contribution < 1.29 is 20.4 Å². The lowest BCUT2D eigenvalue weighted by Gasteiger charge is -2.54. The van der Waals surface area contributed by atoms with Crippen LogP contribution in [0.5, 0.6) is 0 Å². The Hall–Kier alpha value is -2.76. The summed E-state index contributed by atoms with van der Waals surface area (Å²) in [4.78, 5) is 0. The fourth-order valence-electron chi connectivity index (χ4n) is 6.55. The first kappa shape index (κ1) is 37.4. The largest absolute Gasteiger partial charge is 0.393 e. The lowest BCUT2D eigenvalue weighted by atomic mass is 9.57. The summed E-state index contributed by atoms with van der Waals surface area (Å²) in [5, 5.41) is 42.6. The van der Waals surface area contributed by atoms with Gasteiger partial charge in [-0.25, -0.2) is 0 Å². The smallest absolute Gasteiger partial charge is 0.117 e. The lowest BCUT2D eigenvalue weighted by Crippen LogP contribution is -2.65. The second-order valence-electron chi connectivity index (χ2n) is 14.5. The van der Waals surface area contributed by atoms with Crippen molar-refractivity contribution in [2.75, 3.05) is 0 Å². The first-order valence-corrected chi connectivity index (χ1v) is 15.9. The second kappa shape index (κ2) is 15.5. The van der Waals surface area contributed by atoms with Crippen LogP contribution >= 0.6 is 0 Å². The van der Waals surface area contributed by atoms with Crippen molar-refractivity contribution in [1.82, 2.24) is 0 Å². The highest BCUT2D eigenvalue weighted by Crippen LogP contribution is 2.50. The highest BCUT2D eigenvalue weighted by molar-refractivity contribution is 5.38. The van der Waals surface area contributed by atoms with Crippen LogP contribution in [0.25, 0.3) is 0 Å². The van der Waals surface area contributed by atoms with Crippen molar-refractivity contribution in [3.63, 3.8) is 0 Å². The molecule has 2 aliphatic carbocycles. The monoisotopic (exact) mass is 602 g/mol. The van der Waals surface area contributed by atoms with Gasteiger partial charge in [0.2, 0.25) is 0 Å². The van der Waals surface area contributed by atoms with Crippen LogP contribution < -0.4 is 0 Å². The highest BCUT2D eigenvalue weighted by Gasteiger charge is 2.58. The summed E-state index contributed by atoms with van der Waals surface area (Å²) in [5.41, 5.74) is 3.44. The molecule has 0 saturated heterocycles. The molecule has 4 heteroatoms. The van der Waals surface area contributed by atoms with E-state index in [1.807, 2.05) is 64.2 Å². The molecule has 1 fully saturated rings. The van der Waals surface area contributed by atoms with Gasteiger partial charge in [-0.05, 0) is 77.9 Å². The third kappa shape index (κ3) is 10.4. The maximum absolute atomic E-state index is 11.4. The predicted octanol–water partition coefficient (Wildman–Crippen LogP) is 8.71. The van der Waals surface area contributed by atoms with Gasteiger partial charge in [0.25, 0.3) is 0 Å². The van der Waals surface area contributed by atoms with Crippen molar-refractivity contribution in [2.45, 2.75) is 118 Å². The zero-order valence-corrected chi connectivity index (χ0v) is 28.9. The van der Waals surface area contributed by atoms with E-state index in [0.29, 0.717) is 6.42 Å². The molecule has 4 N–H and O–H groups in total. The van der Waals surface area contributed by atoms with Gasteiger partial charge in [0.15, 0.2) is 0 Å². The van der Waals surface area contributed by atoms with Gasteiger partial charge in [-0.15, -0.1) is 0 Å². The van der Waals surface area contributed by atoms with Gasteiger partial charge >= 0.3 is 0 Å². The Morgan fingerprint density at radius 1 is 0.636 bits per heavy atom. The van der Waals surface area contributed by atoms with Gasteiger partial charge in [0.1, 0.15) is 5.60 Å². The molecular weight excluding hydrogens is 544 g/mol. The number of allylic oxidation sites excluding steroid dienone is 18. The van der Waals surface area contributed by atoms with Crippen LogP contribution in [-0.4, -0.2) is 43.8 Å². The quantitative estimate of drug-likeness (QED) is 0.189. The topological polar surface area (TPSA) is 80.9 Å². The third-order valence-corrected chi connectivity index (χ3v) is 9.07. The average molecular weight is 603 g/mol. The molecule has 0 unspecified atom stereocenters. The van der Waals surface area contributed by atoms with Crippen LogP contribution in [0.1, 0.15) is 94.9 Å². The molecule has 2 rings (SSSR count). The van der Waals surface area contributed by atoms with E-state index in [0.717, 1.165) is 29.6 Å². The molecule has 4 atom stereocenters. The Morgan fingerprint density at radius 2 is 1.11 bits per heavy atom. The molecule has 0 heterocycles. The molecule has 0 spiro atoms. The first-order valence-electron chi connectivity index (χ1n) is 15.9. The maximum atomic E-state index is 11.4. The molecular formula is C40H58O4. The van der Waals surface area contributed by atoms with E-state index < -0.39 is 22.7 Å². The van der Waals surface area contributed by atoms with Gasteiger partial charge in [-0.3, -0.25) is 0 Å². The minimum atomic E-state index is -1.44. The molecule has 44 heavy (non-hydrogen) atoms. The van der Waals surface area contributed by atoms with Crippen LogP contribution in [-0.2, 0) is 0 Å². The van der Waals surface area contributed by atoms with E-state index in [9.17, 15) is 20.4 Å². The fourth-order valence-corrected chi connectivity index (χ4v) is 6.55. The van der Waals surface area contributed by atoms with Gasteiger partial charge in [-0.2, -0.15) is 0 Å². The van der Waals surface area contributed by atoms with Crippen molar-refractivity contribution in [2.24, 2.45) is 10.8 Å². The summed E-state index contributed by atoms with van der Waals surface area (Å²) in [6.45, 7) is 20.1. The number of aliphatic hydroxyl groups excluding tert-OH is 2. The second-order valence-corrected chi connectivity index (χ2v) is 14.5. The van der Waals surface area contributed by atoms with Crippen molar-refractivity contribution in [1.29, 1.82) is 0 Å². The predicted molar refractivity (Wildman–Crippen MR) is 187 cm³/mol. The Labute approximate surface area is 267 Å². The SMILES string of the molecule is CC1=C(/C=C/C(C)=C/C=C/C(C)=C/C=C/C=C(C)/C=C/C=C(C)/C=C/[C@]2(O)C(C)(C)C[C@H](O)C[C@]2(C)O)C(C)(C)C[C@@H](O)C1. The molecule has 4 nitrogen and oxygen atoms in total. The standard InChI is InChI=1S/C40H58O4/c1-29(17-13-19-31(3)21-22-36-33(5)25-34(41)26-37(36,6)7)15-11-12-16-30(2)18-14-20-32(4)23-24-40(44)38(8,9)27-35(42)28-39(40,10)43/h11-24,34-35,41-44H,25-28H2,1-10H3/b12-11+,17-13+,18-14+,22-21+,24-23+,29-15+,30-16+,31-19+,32-20+/t34-,35-,39-,40-/m0/s1. The summed E-state index contributed by atoms with van der Waals surface area (Å²) in [7, 11) is 0. The number of hydrogen-bond acceptors (Lipinski definition) is 4. The molecule has 2 aliphatic rings. The van der Waals surface area contributed by atoms with Crippen molar-refractivity contribution in [3.05, 3.63) is 119 Å². The summed E-state index contributed by atoms with van der Waals surface area (Å²) in [5.74, 6) is 0. The van der Waals surface area contributed by atoms with Gasteiger partial charge < -0.3 is 20.4 Å². The summed E-state index contributed by atoms with van der Waals surface area (Å²) < 4.78 is 0. The molecule has 0 aromatic heterocycles. The molecule has 0 aromatic rings. The Bertz CT molecular complexity index is 1300. The Balaban J connectivity index is 1.94. The van der Waals surface area contributed by atoms with Gasteiger partial charge in [0, 0.05) is 11.8 Å². The average Bonchev–Trinajstić information content (AvgIpc) is 2.87. The Kier molecular flexibility index (Phi) is 13.2. The molecule has 0 bridgehead atoms. The first-order chi connectivity index (χ1) is 20.3. The molecule has 0 aliphatic heterocycles. The lowest BCUT2D eigenvalue weighted by molar-refractivity contribution is -0.216. The van der Waals surface area contributed by atoms with Crippen LogP contribution in [0.3, 0.4) is 0 Å². The van der Waals surface area contributed by atoms with Crippen LogP contribution in [0, 0.1) is 10.8 Å². The molecule has 0 radical (unpaired) electrons. The summed E-state index contributed by atoms with van der Waals surface area (Å²) >= 11 is 0. The van der Waals surface area contributed by atoms with Crippen molar-refractivity contribution in [3.8, 4) is 0 Å². The Morgan fingerprint density at radius 3 is 1.61 bits per heavy atom. The molecule has 242 valence electrons. The van der Waals surface area contributed by atoms with Gasteiger partial charge in [0.05, 0.1) is 17.8 Å². The normalized spacial score (nSPS) is 31.1. The highest BCUT2D eigenvalue weighted by atomic mass is 16.4. The minimum absolute atomic E-state index is 0.0115. The van der Waals surface area contributed by atoms with Gasteiger partial charge in [-0.1, -0.05) is 135 Å². The van der Waals surface area contributed by atoms with E-state index in [1.54, 1.807) is 13.0 Å². The van der Waals surface area contributed by atoms with E-state index in [4.69, 9.17) is 0 Å². The van der Waals surface area contributed by atoms with E-state index in [-0.39, 0.29) is 17.9 Å². The minimum Gasteiger partial charge on any atom is -0.393 e. The van der Waals surface area contributed by atoms with E-state index in [1.165, 1.54) is 16.7 Å². The summed E-state index contributed by atoms with van der Waals surface area (Å²) in [6, 6.07) is 0. The fraction of sp³-hybridized carbons (Fsp3) is 0.500. The van der Waals surface area contributed by atoms with Crippen LogP contribution in [0.15, 0.2) is 119 Å². The van der Waals surface area contributed by atoms with Crippen LogP contribution in [0.2, 0.25) is 0 Å². The molecule has 0 amide bonds. The van der Waals surface area contributed by atoms with E-state index >= 15 is 0 Å². The number of hydrogen-bond donors (Lipinski definition) is 4. The molecule has 1 saturated carbocycles. The zero-order valence-electron chi connectivity index (χ0n) is 28.9. The number of rotatable bonds is 10. The number of aliphatic hydroxyl groups is 4. The molecule has 0 aromatic carbocycles. The third-order valence-electron chi connectivity index (χ3n) is 9.07. The van der Waals surface area contributed by atoms with E-state index in [2.05, 4.69) is 77.2 Å². The van der Waals surface area contributed by atoms with Crippen LogP contribution in [0.4, 0.5) is 0 Å². The zero-order chi connectivity index (χ0) is 33.3. The summed E-state index contributed by atoms with van der Waals surface area (Å²) in [6.07, 6.45) is 29.6. The maximum Gasteiger partial charge on any atom is 0.117 e. The van der Waals surface area contributed by atoms with Crippen molar-refractivity contribution >= 4 is 0 Å².